The van der Waals surface area contributed by atoms with Crippen LogP contribution in [0.15, 0.2) is 22.2 Å². The Morgan fingerprint density at radius 1 is 0.792 bits per heavy atom. The van der Waals surface area contributed by atoms with Crippen LogP contribution in [0.1, 0.15) is 77.8 Å². The van der Waals surface area contributed by atoms with Gasteiger partial charge in [0.15, 0.2) is 24.7 Å². The van der Waals surface area contributed by atoms with E-state index in [1.54, 1.807) is 0 Å². The number of rotatable bonds is 9. The van der Waals surface area contributed by atoms with Gasteiger partial charge in [0.25, 0.3) is 0 Å². The maximum Gasteiger partial charge on any atom is 0.354 e. The molecule has 0 spiro atoms. The summed E-state index contributed by atoms with van der Waals surface area (Å²) in [6, 6.07) is 0. The molecule has 0 radical (unpaired) electrons. The second-order valence-electron chi connectivity index (χ2n) is 11.4. The van der Waals surface area contributed by atoms with Crippen molar-refractivity contribution < 1.29 is 53.4 Å². The zero-order valence-corrected chi connectivity index (χ0v) is 27.4. The predicted octanol–water partition coefficient (Wildman–Crippen LogP) is 0.858. The summed E-state index contributed by atoms with van der Waals surface area (Å²) in [4.78, 5) is 76.6. The molecule has 2 saturated heterocycles. The minimum atomic E-state index is -1.80. The first-order chi connectivity index (χ1) is 21.9. The van der Waals surface area contributed by atoms with E-state index in [-0.39, 0.29) is 63.1 Å². The van der Waals surface area contributed by atoms with Crippen molar-refractivity contribution in [1.82, 2.24) is 29.1 Å². The lowest BCUT2D eigenvalue weighted by Crippen LogP contribution is -2.42. The van der Waals surface area contributed by atoms with Gasteiger partial charge >= 0.3 is 29.3 Å². The molecular formula is C31H62N8O13Si. The van der Waals surface area contributed by atoms with Crippen LogP contribution >= 0.6 is 0 Å². The summed E-state index contributed by atoms with van der Waals surface area (Å²) in [7, 11) is -1.80. The summed E-state index contributed by atoms with van der Waals surface area (Å²) in [6.07, 6.45) is -6.91. The zero-order chi connectivity index (χ0) is 35.2. The van der Waals surface area contributed by atoms with Crippen molar-refractivity contribution in [3.63, 3.8) is 0 Å². The monoisotopic (exact) mass is 782 g/mol. The highest BCUT2D eigenvalue weighted by molar-refractivity contribution is 6.79. The fraction of sp³-hybridized carbons (Fsp3) is 0.710. The predicted molar refractivity (Wildman–Crippen MR) is 199 cm³/mol. The van der Waals surface area contributed by atoms with E-state index in [1.165, 1.54) is 27.1 Å². The number of aromatic nitrogens is 6. The number of nitrogens with one attached hydrogen (secondary N) is 1. The second-order valence-corrected chi connectivity index (χ2v) is 16.1. The Morgan fingerprint density at radius 3 is 1.74 bits per heavy atom. The van der Waals surface area contributed by atoms with Crippen LogP contribution in [-0.4, -0.2) is 120 Å². The number of aliphatic hydroxyl groups is 3. The molecule has 308 valence electrons. The molecule has 0 bridgehead atoms. The van der Waals surface area contributed by atoms with E-state index in [9.17, 15) is 34.2 Å². The van der Waals surface area contributed by atoms with Crippen LogP contribution in [0.5, 0.6) is 0 Å². The van der Waals surface area contributed by atoms with Gasteiger partial charge in [0.2, 0.25) is 11.9 Å². The van der Waals surface area contributed by atoms with Gasteiger partial charge in [-0.1, -0.05) is 64.2 Å². The summed E-state index contributed by atoms with van der Waals surface area (Å²) in [5, 5.41) is 28.1. The molecule has 0 aliphatic carbocycles. The van der Waals surface area contributed by atoms with E-state index >= 15 is 0 Å². The van der Waals surface area contributed by atoms with Crippen LogP contribution in [-0.2, 0) is 38.1 Å². The second kappa shape index (κ2) is 23.3. The minimum absolute atomic E-state index is 0. The minimum Gasteiger partial charge on any atom is -0.463 e. The summed E-state index contributed by atoms with van der Waals surface area (Å²) in [5.74, 6) is -1.93. The van der Waals surface area contributed by atoms with Crippen molar-refractivity contribution in [1.29, 1.82) is 0 Å². The maximum atomic E-state index is 12.6. The lowest BCUT2D eigenvalue weighted by atomic mass is 10.1. The number of anilines is 2. The molecule has 6 N–H and O–H groups in total. The summed E-state index contributed by atoms with van der Waals surface area (Å²) >= 11 is 0. The van der Waals surface area contributed by atoms with Crippen molar-refractivity contribution in [3.8, 4) is 0 Å². The topological polar surface area (TPSA) is 292 Å². The first kappa shape index (κ1) is 55.4. The smallest absolute Gasteiger partial charge is 0.354 e. The van der Waals surface area contributed by atoms with E-state index in [0.29, 0.717) is 0 Å². The van der Waals surface area contributed by atoms with E-state index < -0.39 is 93.2 Å². The van der Waals surface area contributed by atoms with Gasteiger partial charge in [0.1, 0.15) is 51.9 Å². The molecule has 2 aliphatic rings. The van der Waals surface area contributed by atoms with E-state index in [4.69, 9.17) is 34.5 Å². The number of carbonyl (C=O) groups excluding carboxylic acids is 3. The Bertz CT molecular complexity index is 1550. The number of nitrogens with zero attached hydrogens (tertiary/aromatic N) is 6. The van der Waals surface area contributed by atoms with Gasteiger partial charge in [-0.15, -0.1) is 0 Å². The maximum absolute atomic E-state index is 12.6. The first-order valence-corrected chi connectivity index (χ1v) is 17.6. The number of hydrogen-bond donors (Lipinski definition) is 5. The van der Waals surface area contributed by atoms with Crippen molar-refractivity contribution in [2.45, 2.75) is 134 Å². The molecule has 2 aromatic rings. The standard InChI is InChI=1S/C17H26N4O8Si.C8H12N4O5.6CH4/c1-9(22)26-7-12-13(27-10(2)23)14(28-11(3)24)15(29-12)21-8-18-16(19-17(21)25)20-30(4,5)6;9-7-10-2-12(8(16)11-7)6-5(15)4(14)3(1-13)17-6;;;;;;/h8,12-15H,7H2,1-6H3,(H,19,20,25);2-6,13-15H,1H2,(H2,9,11,16);6*1H4/t12-,13?,14+,15-;3-,4?,5+,6-;;;;;;/m11....../s1. The quantitative estimate of drug-likeness (QED) is 0.134. The van der Waals surface area contributed by atoms with Crippen LogP contribution in [0.3, 0.4) is 0 Å². The number of nitrogens with two attached hydrogens (primary N) is 1. The van der Waals surface area contributed by atoms with E-state index in [0.717, 1.165) is 15.5 Å². The third-order valence-corrected chi connectivity index (χ3v) is 7.34. The fourth-order valence-electron chi connectivity index (χ4n) is 4.47. The Balaban J connectivity index is -0.000000453. The molecule has 21 nitrogen and oxygen atoms in total. The molecule has 2 unspecified atom stereocenters. The largest absolute Gasteiger partial charge is 0.463 e. The number of hydrogen-bond acceptors (Lipinski definition) is 19. The molecule has 2 aromatic heterocycles. The molecule has 4 rings (SSSR count). The normalized spacial score (nSPS) is 23.9. The number of esters is 3. The van der Waals surface area contributed by atoms with Crippen LogP contribution in [0.4, 0.5) is 11.9 Å². The van der Waals surface area contributed by atoms with Gasteiger partial charge in [-0.05, 0) is 0 Å². The van der Waals surface area contributed by atoms with Crippen LogP contribution in [0, 0.1) is 0 Å². The summed E-state index contributed by atoms with van der Waals surface area (Å²) in [5.41, 5.74) is 3.75. The SMILES string of the molecule is C.C.C.C.C.C.CC(=O)OC[C@H]1O[C@@H](n2cnc(N[Si](C)(C)C)nc2=O)[C@@H](OC(C)=O)C1OC(C)=O.Nc1ncn([C@@H]2O[C@H](CO)C(O)[C@@H]2O)c(=O)n1. The molecule has 0 saturated carbocycles. The molecule has 22 heteroatoms. The van der Waals surface area contributed by atoms with Crippen molar-refractivity contribution in [2.24, 2.45) is 0 Å². The summed E-state index contributed by atoms with van der Waals surface area (Å²) < 4.78 is 28.4. The molecule has 53 heavy (non-hydrogen) atoms. The Kier molecular flexibility index (Phi) is 24.4. The molecule has 0 amide bonds. The first-order valence-electron chi connectivity index (χ1n) is 14.1. The van der Waals surface area contributed by atoms with Gasteiger partial charge in [0, 0.05) is 20.8 Å². The highest BCUT2D eigenvalue weighted by Crippen LogP contribution is 2.33. The molecule has 2 aliphatic heterocycles. The van der Waals surface area contributed by atoms with Crippen molar-refractivity contribution in [2.75, 3.05) is 23.9 Å². The lowest BCUT2D eigenvalue weighted by molar-refractivity contribution is -0.166. The number of carbonyl (C=O) groups is 3. The van der Waals surface area contributed by atoms with Gasteiger partial charge in [-0.25, -0.2) is 19.6 Å². The van der Waals surface area contributed by atoms with Gasteiger partial charge < -0.3 is 49.7 Å². The van der Waals surface area contributed by atoms with Crippen molar-refractivity contribution in [3.05, 3.63) is 33.6 Å². The van der Waals surface area contributed by atoms with Crippen molar-refractivity contribution >= 4 is 38.0 Å². The van der Waals surface area contributed by atoms with Gasteiger partial charge in [-0.2, -0.15) is 9.97 Å². The number of ether oxygens (including phenoxy) is 5. The lowest BCUT2D eigenvalue weighted by Gasteiger charge is -2.24. The Labute approximate surface area is 311 Å². The van der Waals surface area contributed by atoms with E-state index in [2.05, 4.69) is 24.9 Å². The Morgan fingerprint density at radius 2 is 1.28 bits per heavy atom. The Hall–Kier alpha value is -4.35. The third-order valence-electron chi connectivity index (χ3n) is 6.37. The number of nitrogen functional groups attached to an aromatic ring is 1. The van der Waals surface area contributed by atoms with Crippen LogP contribution in [0.25, 0.3) is 0 Å². The van der Waals surface area contributed by atoms with Gasteiger partial charge in [-0.3, -0.25) is 23.5 Å². The molecular weight excluding hydrogens is 720 g/mol. The van der Waals surface area contributed by atoms with Crippen LogP contribution in [0.2, 0.25) is 19.6 Å². The average molecular weight is 783 g/mol. The highest BCUT2D eigenvalue weighted by Gasteiger charge is 2.51. The van der Waals surface area contributed by atoms with E-state index in [1.807, 2.05) is 19.6 Å². The third kappa shape index (κ3) is 14.9. The number of aliphatic hydroxyl groups excluding tert-OH is 3. The zero-order valence-electron chi connectivity index (χ0n) is 26.4. The summed E-state index contributed by atoms with van der Waals surface area (Å²) in [6.45, 7) is 8.85. The molecule has 2 fully saturated rings. The average Bonchev–Trinajstić information content (AvgIpc) is 3.42. The molecule has 0 aromatic carbocycles. The van der Waals surface area contributed by atoms with Crippen LogP contribution < -0.4 is 22.1 Å². The highest BCUT2D eigenvalue weighted by atomic mass is 28.3. The van der Waals surface area contributed by atoms with Gasteiger partial charge in [0.05, 0.1) is 6.61 Å². The molecule has 8 atom stereocenters. The molecule has 4 heterocycles. The fourth-order valence-corrected chi connectivity index (χ4v) is 5.26.